The van der Waals surface area contributed by atoms with Crippen LogP contribution in [0.1, 0.15) is 18.1 Å². The number of carbonyl (C=O) groups is 1. The molecule has 1 amide bonds. The summed E-state index contributed by atoms with van der Waals surface area (Å²) in [5.74, 6) is -0.544. The number of hydrogen-bond donors (Lipinski definition) is 1. The molecule has 0 bridgehead atoms. The van der Waals surface area contributed by atoms with Crippen molar-refractivity contribution in [3.63, 3.8) is 0 Å². The second-order valence-corrected chi connectivity index (χ2v) is 5.84. The Morgan fingerprint density at radius 1 is 1.23 bits per heavy atom. The molecule has 1 aliphatic rings. The van der Waals surface area contributed by atoms with E-state index in [0.29, 0.717) is 13.2 Å². The first-order valence-electron chi connectivity index (χ1n) is 8.04. The molecule has 0 spiro atoms. The Balaban J connectivity index is 1.57. The van der Waals surface area contributed by atoms with Crippen molar-refractivity contribution in [3.05, 3.63) is 69.8 Å². The van der Waals surface area contributed by atoms with Gasteiger partial charge in [-0.05, 0) is 30.7 Å². The molecule has 136 valence electrons. The van der Waals surface area contributed by atoms with Gasteiger partial charge < -0.3 is 19.5 Å². The zero-order valence-electron chi connectivity index (χ0n) is 14.1. The van der Waals surface area contributed by atoms with E-state index in [1.54, 1.807) is 0 Å². The Morgan fingerprint density at radius 2 is 1.92 bits per heavy atom. The molecule has 2 aromatic carbocycles. The first kappa shape index (κ1) is 17.8. The molecule has 2 aromatic rings. The number of nitrogens with one attached hydrogen (secondary N) is 1. The number of amides is 1. The number of hydrogen-bond acceptors (Lipinski definition) is 6. The summed E-state index contributed by atoms with van der Waals surface area (Å²) < 4.78 is 16.4. The normalized spacial score (nSPS) is 15.4. The predicted octanol–water partition coefficient (Wildman–Crippen LogP) is 3.10. The fourth-order valence-electron chi connectivity index (χ4n) is 2.60. The van der Waals surface area contributed by atoms with Crippen molar-refractivity contribution in [2.45, 2.75) is 19.3 Å². The van der Waals surface area contributed by atoms with E-state index in [1.165, 1.54) is 24.3 Å². The van der Waals surface area contributed by atoms with Crippen molar-refractivity contribution >= 4 is 11.8 Å². The molecule has 1 N–H and O–H groups in total. The van der Waals surface area contributed by atoms with Gasteiger partial charge in [-0.2, -0.15) is 0 Å². The molecule has 1 aliphatic heterocycles. The zero-order chi connectivity index (χ0) is 18.6. The van der Waals surface area contributed by atoms with Gasteiger partial charge in [0.25, 0.3) is 5.69 Å². The lowest BCUT2D eigenvalue weighted by molar-refractivity contribution is -0.384. The van der Waals surface area contributed by atoms with Crippen LogP contribution in [0.25, 0.3) is 0 Å². The van der Waals surface area contributed by atoms with Crippen molar-refractivity contribution in [2.24, 2.45) is 0 Å². The Labute approximate surface area is 149 Å². The van der Waals surface area contributed by atoms with E-state index in [1.807, 2.05) is 31.2 Å². The van der Waals surface area contributed by atoms with Crippen molar-refractivity contribution in [2.75, 3.05) is 13.2 Å². The van der Waals surface area contributed by atoms with Crippen LogP contribution in [-0.4, -0.2) is 24.2 Å². The highest BCUT2D eigenvalue weighted by atomic mass is 16.7. The van der Waals surface area contributed by atoms with Crippen molar-refractivity contribution in [1.29, 1.82) is 0 Å². The third-order valence-corrected chi connectivity index (χ3v) is 3.98. The molecule has 8 heteroatoms. The number of nitro groups is 1. The topological polar surface area (TPSA) is 99.9 Å². The van der Waals surface area contributed by atoms with E-state index in [0.717, 1.165) is 11.1 Å². The van der Waals surface area contributed by atoms with Gasteiger partial charge in [0.05, 0.1) is 18.1 Å². The van der Waals surface area contributed by atoms with Gasteiger partial charge in [-0.1, -0.05) is 18.2 Å². The molecule has 1 heterocycles. The molecule has 8 nitrogen and oxygen atoms in total. The van der Waals surface area contributed by atoms with E-state index < -0.39 is 16.8 Å². The molecule has 1 saturated heterocycles. The van der Waals surface area contributed by atoms with E-state index >= 15 is 0 Å². The number of benzene rings is 2. The third-order valence-electron chi connectivity index (χ3n) is 3.98. The molecule has 0 aliphatic carbocycles. The number of carbonyl (C=O) groups excluding carboxylic acids is 1. The standard InChI is InChI=1S/C18H18N2O6/c1-18(24-9-10-25-18)14-4-2-3-13(11-14)12-19-17(21)26-16-7-5-15(6-8-16)20(22)23/h2-8,11H,9-10,12H2,1H3,(H,19,21). The van der Waals surface area contributed by atoms with Gasteiger partial charge in [0.1, 0.15) is 5.75 Å². The second-order valence-electron chi connectivity index (χ2n) is 5.84. The molecule has 0 atom stereocenters. The first-order chi connectivity index (χ1) is 12.5. The third kappa shape index (κ3) is 4.16. The lowest BCUT2D eigenvalue weighted by Gasteiger charge is -2.23. The van der Waals surface area contributed by atoms with Crippen LogP contribution in [0.4, 0.5) is 10.5 Å². The minimum Gasteiger partial charge on any atom is -0.410 e. The van der Waals surface area contributed by atoms with Gasteiger partial charge in [0.2, 0.25) is 0 Å². The minimum absolute atomic E-state index is 0.0700. The SMILES string of the molecule is CC1(c2cccc(CNC(=O)Oc3ccc([N+](=O)[O-])cc3)c2)OCCO1. The summed E-state index contributed by atoms with van der Waals surface area (Å²) in [4.78, 5) is 22.0. The van der Waals surface area contributed by atoms with E-state index in [4.69, 9.17) is 14.2 Å². The van der Waals surface area contributed by atoms with Gasteiger partial charge in [-0.3, -0.25) is 10.1 Å². The largest absolute Gasteiger partial charge is 0.412 e. The van der Waals surface area contributed by atoms with Crippen LogP contribution in [0, 0.1) is 10.1 Å². The average Bonchev–Trinajstić information content (AvgIpc) is 3.09. The smallest absolute Gasteiger partial charge is 0.410 e. The lowest BCUT2D eigenvalue weighted by Crippen LogP contribution is -2.27. The van der Waals surface area contributed by atoms with Crippen LogP contribution in [0.3, 0.4) is 0 Å². The van der Waals surface area contributed by atoms with Gasteiger partial charge in [0, 0.05) is 24.2 Å². The number of nitro benzene ring substituents is 1. The molecular weight excluding hydrogens is 340 g/mol. The average molecular weight is 358 g/mol. The van der Waals surface area contributed by atoms with Crippen LogP contribution in [0.2, 0.25) is 0 Å². The van der Waals surface area contributed by atoms with Crippen molar-refractivity contribution < 1.29 is 23.9 Å². The van der Waals surface area contributed by atoms with Crippen LogP contribution in [0.15, 0.2) is 48.5 Å². The fraction of sp³-hybridized carbons (Fsp3) is 0.278. The Morgan fingerprint density at radius 3 is 2.58 bits per heavy atom. The van der Waals surface area contributed by atoms with Crippen LogP contribution in [-0.2, 0) is 21.8 Å². The summed E-state index contributed by atoms with van der Waals surface area (Å²) in [6, 6.07) is 12.8. The monoisotopic (exact) mass is 358 g/mol. The molecule has 26 heavy (non-hydrogen) atoms. The highest BCUT2D eigenvalue weighted by Crippen LogP contribution is 2.31. The molecule has 1 fully saturated rings. The summed E-state index contributed by atoms with van der Waals surface area (Å²) in [5.41, 5.74) is 1.67. The highest BCUT2D eigenvalue weighted by Gasteiger charge is 2.33. The van der Waals surface area contributed by atoms with Gasteiger partial charge in [0.15, 0.2) is 5.79 Å². The molecule has 3 rings (SSSR count). The van der Waals surface area contributed by atoms with E-state index in [-0.39, 0.29) is 18.0 Å². The summed E-state index contributed by atoms with van der Waals surface area (Å²) >= 11 is 0. The quantitative estimate of drug-likeness (QED) is 0.651. The predicted molar refractivity (Wildman–Crippen MR) is 91.7 cm³/mol. The summed E-state index contributed by atoms with van der Waals surface area (Å²) in [5, 5.41) is 13.2. The maximum absolute atomic E-state index is 11.9. The number of rotatable bonds is 5. The Kier molecular flexibility index (Phi) is 5.15. The molecule has 0 saturated carbocycles. The minimum atomic E-state index is -0.769. The van der Waals surface area contributed by atoms with Gasteiger partial charge in [-0.25, -0.2) is 4.79 Å². The summed E-state index contributed by atoms with van der Waals surface area (Å²) in [6.45, 7) is 3.20. The number of non-ortho nitro benzene ring substituents is 1. The number of nitrogens with zero attached hydrogens (tertiary/aromatic N) is 1. The highest BCUT2D eigenvalue weighted by molar-refractivity contribution is 5.70. The van der Waals surface area contributed by atoms with Crippen LogP contribution in [0.5, 0.6) is 5.75 Å². The van der Waals surface area contributed by atoms with Gasteiger partial charge in [-0.15, -0.1) is 0 Å². The Bertz CT molecular complexity index is 800. The maximum atomic E-state index is 11.9. The second kappa shape index (κ2) is 7.51. The Hall–Kier alpha value is -2.97. The molecule has 0 aromatic heterocycles. The van der Waals surface area contributed by atoms with E-state index in [9.17, 15) is 14.9 Å². The lowest BCUT2D eigenvalue weighted by atomic mass is 10.0. The van der Waals surface area contributed by atoms with Crippen LogP contribution >= 0.6 is 0 Å². The van der Waals surface area contributed by atoms with E-state index in [2.05, 4.69) is 5.32 Å². The first-order valence-corrected chi connectivity index (χ1v) is 8.04. The zero-order valence-corrected chi connectivity index (χ0v) is 14.1. The van der Waals surface area contributed by atoms with Crippen molar-refractivity contribution in [1.82, 2.24) is 5.32 Å². The molecule has 0 radical (unpaired) electrons. The number of ether oxygens (including phenoxy) is 3. The fourth-order valence-corrected chi connectivity index (χ4v) is 2.60. The van der Waals surface area contributed by atoms with Crippen LogP contribution < -0.4 is 10.1 Å². The van der Waals surface area contributed by atoms with Gasteiger partial charge >= 0.3 is 6.09 Å². The molecular formula is C18H18N2O6. The van der Waals surface area contributed by atoms with Crippen molar-refractivity contribution in [3.8, 4) is 5.75 Å². The summed E-state index contributed by atoms with van der Waals surface area (Å²) in [6.07, 6.45) is -0.649. The summed E-state index contributed by atoms with van der Waals surface area (Å²) in [7, 11) is 0. The maximum Gasteiger partial charge on any atom is 0.412 e. The molecule has 0 unspecified atom stereocenters.